The number of rotatable bonds is 5. The Balaban J connectivity index is 1.92. The van der Waals surface area contributed by atoms with Crippen molar-refractivity contribution in [2.24, 2.45) is 0 Å². The summed E-state index contributed by atoms with van der Waals surface area (Å²) in [6, 6.07) is 11.9. The molecule has 0 spiro atoms. The number of ether oxygens (including phenoxy) is 1. The van der Waals surface area contributed by atoms with E-state index in [1.807, 2.05) is 0 Å². The minimum Gasteiger partial charge on any atom is -0.428 e. The van der Waals surface area contributed by atoms with Gasteiger partial charge in [-0.25, -0.2) is 13.2 Å². The highest BCUT2D eigenvalue weighted by atomic mass is 19.1. The first-order valence-corrected chi connectivity index (χ1v) is 8.17. The second-order valence-corrected chi connectivity index (χ2v) is 5.94. The molecular formula is C21H14F3NO3. The van der Waals surface area contributed by atoms with Crippen molar-refractivity contribution in [3.8, 4) is 16.9 Å². The van der Waals surface area contributed by atoms with Gasteiger partial charge in [-0.15, -0.1) is 0 Å². The van der Waals surface area contributed by atoms with Crippen molar-refractivity contribution in [2.45, 2.75) is 6.92 Å². The van der Waals surface area contributed by atoms with E-state index in [-0.39, 0.29) is 23.3 Å². The molecule has 28 heavy (non-hydrogen) atoms. The van der Waals surface area contributed by atoms with Gasteiger partial charge in [0.1, 0.15) is 28.9 Å². The monoisotopic (exact) mass is 385 g/mol. The number of carbonyl (C=O) groups excluding carboxylic acids is 2. The van der Waals surface area contributed by atoms with E-state index in [4.69, 9.17) is 4.74 Å². The zero-order valence-corrected chi connectivity index (χ0v) is 14.6. The first kappa shape index (κ1) is 19.2. The largest absolute Gasteiger partial charge is 0.428 e. The van der Waals surface area contributed by atoms with Crippen LogP contribution in [0, 0.1) is 24.4 Å². The molecule has 0 bridgehead atoms. The molecule has 142 valence electrons. The fraction of sp³-hybridized carbons (Fsp3) is 0.0476. The quantitative estimate of drug-likeness (QED) is 0.638. The van der Waals surface area contributed by atoms with E-state index >= 15 is 0 Å². The number of nitrogens with one attached hydrogen (secondary N) is 1. The second-order valence-electron chi connectivity index (χ2n) is 5.94. The molecule has 4 nitrogen and oxygen atoms in total. The molecule has 0 fully saturated rings. The van der Waals surface area contributed by atoms with Gasteiger partial charge in [0.15, 0.2) is 0 Å². The highest BCUT2D eigenvalue weighted by molar-refractivity contribution is 6.06. The lowest BCUT2D eigenvalue weighted by molar-refractivity contribution is -0.120. The van der Waals surface area contributed by atoms with Crippen LogP contribution in [0.5, 0.6) is 5.75 Å². The van der Waals surface area contributed by atoms with E-state index in [9.17, 15) is 22.8 Å². The number of benzene rings is 3. The van der Waals surface area contributed by atoms with Crippen molar-refractivity contribution in [2.75, 3.05) is 5.32 Å². The highest BCUT2D eigenvalue weighted by Gasteiger charge is 2.18. The van der Waals surface area contributed by atoms with Crippen LogP contribution in [0.1, 0.15) is 15.9 Å². The van der Waals surface area contributed by atoms with E-state index < -0.39 is 29.0 Å². The lowest BCUT2D eigenvalue weighted by Crippen LogP contribution is -2.15. The maximum absolute atomic E-state index is 14.5. The molecule has 1 N–H and O–H groups in total. The molecule has 3 aromatic carbocycles. The molecule has 1 amide bonds. The Morgan fingerprint density at radius 2 is 1.61 bits per heavy atom. The smallest absolute Gasteiger partial charge is 0.298 e. The molecule has 3 aromatic rings. The number of anilines is 1. The van der Waals surface area contributed by atoms with Gasteiger partial charge in [0.2, 0.25) is 0 Å². The number of aryl methyl sites for hydroxylation is 1. The summed E-state index contributed by atoms with van der Waals surface area (Å²) < 4.78 is 47.1. The molecule has 0 heterocycles. The molecule has 0 aliphatic carbocycles. The number of carbonyl (C=O) groups is 2. The molecule has 0 unspecified atom stereocenters. The van der Waals surface area contributed by atoms with Gasteiger partial charge < -0.3 is 10.1 Å². The fourth-order valence-corrected chi connectivity index (χ4v) is 2.67. The molecule has 0 saturated carbocycles. The number of hydrogen-bond donors (Lipinski definition) is 1. The first-order chi connectivity index (χ1) is 13.4. The van der Waals surface area contributed by atoms with E-state index in [1.165, 1.54) is 42.5 Å². The summed E-state index contributed by atoms with van der Waals surface area (Å²) in [5, 5.41) is 2.15. The van der Waals surface area contributed by atoms with E-state index in [1.54, 1.807) is 6.92 Å². The topological polar surface area (TPSA) is 55.4 Å². The molecule has 7 heteroatoms. The van der Waals surface area contributed by atoms with Crippen LogP contribution in [0.25, 0.3) is 11.1 Å². The lowest BCUT2D eigenvalue weighted by Gasteiger charge is -2.12. The van der Waals surface area contributed by atoms with Gasteiger partial charge in [-0.1, -0.05) is 18.2 Å². The Morgan fingerprint density at radius 3 is 2.25 bits per heavy atom. The van der Waals surface area contributed by atoms with Crippen molar-refractivity contribution >= 4 is 18.1 Å². The van der Waals surface area contributed by atoms with Crippen LogP contribution in [0.3, 0.4) is 0 Å². The predicted octanol–water partition coefficient (Wildman–Crippen LogP) is 4.87. The Bertz CT molecular complexity index is 1040. The van der Waals surface area contributed by atoms with Crippen molar-refractivity contribution in [1.82, 2.24) is 0 Å². The maximum atomic E-state index is 14.5. The Labute approximate surface area is 158 Å². The van der Waals surface area contributed by atoms with E-state index in [0.29, 0.717) is 11.1 Å². The standard InChI is InChI=1S/C21H14F3NO3/c1-12-8-13(6-7-16(12)22)14-9-17(23)20(18(24)10-14)25-21(27)15-4-2-3-5-19(15)28-11-26/h2-11H,1H3,(H,25,27). The Morgan fingerprint density at radius 1 is 0.929 bits per heavy atom. The maximum Gasteiger partial charge on any atom is 0.298 e. The van der Waals surface area contributed by atoms with Crippen molar-refractivity contribution < 1.29 is 27.5 Å². The zero-order chi connectivity index (χ0) is 20.3. The van der Waals surface area contributed by atoms with Crippen molar-refractivity contribution in [3.05, 3.63) is 83.2 Å². The van der Waals surface area contributed by atoms with Gasteiger partial charge in [-0.3, -0.25) is 9.59 Å². The van der Waals surface area contributed by atoms with Crippen LogP contribution in [-0.2, 0) is 4.79 Å². The normalized spacial score (nSPS) is 10.4. The third-order valence-electron chi connectivity index (χ3n) is 4.08. The molecule has 0 saturated heterocycles. The van der Waals surface area contributed by atoms with Crippen LogP contribution in [0.2, 0.25) is 0 Å². The van der Waals surface area contributed by atoms with Gasteiger partial charge in [-0.2, -0.15) is 0 Å². The summed E-state index contributed by atoms with van der Waals surface area (Å²) in [7, 11) is 0. The third-order valence-corrected chi connectivity index (χ3v) is 4.08. The van der Waals surface area contributed by atoms with Gasteiger partial charge in [-0.05, 0) is 60.0 Å². The van der Waals surface area contributed by atoms with Crippen LogP contribution in [-0.4, -0.2) is 12.4 Å². The number of para-hydroxylation sites is 1. The summed E-state index contributed by atoms with van der Waals surface area (Å²) >= 11 is 0. The van der Waals surface area contributed by atoms with Crippen LogP contribution >= 0.6 is 0 Å². The van der Waals surface area contributed by atoms with Crippen LogP contribution in [0.4, 0.5) is 18.9 Å². The summed E-state index contributed by atoms with van der Waals surface area (Å²) in [5.41, 5.74) is 0.252. The van der Waals surface area contributed by atoms with Crippen LogP contribution in [0.15, 0.2) is 54.6 Å². The lowest BCUT2D eigenvalue weighted by atomic mass is 10.0. The number of hydrogen-bond acceptors (Lipinski definition) is 3. The first-order valence-electron chi connectivity index (χ1n) is 8.17. The third kappa shape index (κ3) is 3.88. The van der Waals surface area contributed by atoms with Crippen LogP contribution < -0.4 is 10.1 Å². The number of amides is 1. The highest BCUT2D eigenvalue weighted by Crippen LogP contribution is 2.29. The van der Waals surface area contributed by atoms with Crippen molar-refractivity contribution in [1.29, 1.82) is 0 Å². The average Bonchev–Trinajstić information content (AvgIpc) is 2.67. The van der Waals surface area contributed by atoms with E-state index in [0.717, 1.165) is 12.1 Å². The van der Waals surface area contributed by atoms with E-state index in [2.05, 4.69) is 5.32 Å². The van der Waals surface area contributed by atoms with Gasteiger partial charge in [0.05, 0.1) is 5.56 Å². The average molecular weight is 385 g/mol. The Hall–Kier alpha value is -3.61. The minimum absolute atomic E-state index is 0.0470. The summed E-state index contributed by atoms with van der Waals surface area (Å²) in [5.74, 6) is -3.32. The fourth-order valence-electron chi connectivity index (χ4n) is 2.67. The molecule has 0 radical (unpaired) electrons. The molecule has 0 aromatic heterocycles. The minimum atomic E-state index is -1.00. The van der Waals surface area contributed by atoms with Gasteiger partial charge >= 0.3 is 0 Å². The van der Waals surface area contributed by atoms with Gasteiger partial charge in [0, 0.05) is 0 Å². The molecular weight excluding hydrogens is 371 g/mol. The Kier molecular flexibility index (Phi) is 5.44. The summed E-state index contributed by atoms with van der Waals surface area (Å²) in [6.07, 6.45) is 0. The zero-order valence-electron chi connectivity index (χ0n) is 14.6. The van der Waals surface area contributed by atoms with Gasteiger partial charge in [0.25, 0.3) is 12.4 Å². The summed E-state index contributed by atoms with van der Waals surface area (Å²) in [6.45, 7) is 1.69. The summed E-state index contributed by atoms with van der Waals surface area (Å²) in [4.78, 5) is 22.9. The number of halogens is 3. The predicted molar refractivity (Wildman–Crippen MR) is 97.6 cm³/mol. The SMILES string of the molecule is Cc1cc(-c2cc(F)c(NC(=O)c3ccccc3OC=O)c(F)c2)ccc1F. The molecule has 0 aliphatic rings. The molecule has 0 atom stereocenters. The van der Waals surface area contributed by atoms with Crippen molar-refractivity contribution in [3.63, 3.8) is 0 Å². The molecule has 3 rings (SSSR count). The molecule has 0 aliphatic heterocycles. The second kappa shape index (κ2) is 7.96.